The molecule has 4 heteroatoms. The van der Waals surface area contributed by atoms with Gasteiger partial charge in [0, 0.05) is 23.4 Å². The van der Waals surface area contributed by atoms with E-state index in [-0.39, 0.29) is 11.6 Å². The number of hydrogen-bond acceptors (Lipinski definition) is 2. The summed E-state index contributed by atoms with van der Waals surface area (Å²) >= 11 is 5.71. The highest BCUT2D eigenvalue weighted by atomic mass is 35.5. The lowest BCUT2D eigenvalue weighted by Crippen LogP contribution is -2.04. The molecule has 0 amide bonds. The Kier molecular flexibility index (Phi) is 4.18. The molecule has 18 heavy (non-hydrogen) atoms. The lowest BCUT2D eigenvalue weighted by Gasteiger charge is -2.11. The summed E-state index contributed by atoms with van der Waals surface area (Å²) in [6.07, 6.45) is 0. The van der Waals surface area contributed by atoms with Crippen LogP contribution >= 0.6 is 11.6 Å². The highest BCUT2D eigenvalue weighted by Crippen LogP contribution is 2.20. The number of halogens is 2. The predicted octanol–water partition coefficient (Wildman–Crippen LogP) is 3.58. The van der Waals surface area contributed by atoms with E-state index >= 15 is 0 Å². The zero-order valence-corrected chi connectivity index (χ0v) is 10.4. The van der Waals surface area contributed by atoms with Crippen LogP contribution in [0.15, 0.2) is 42.5 Å². The van der Waals surface area contributed by atoms with Gasteiger partial charge in [0.05, 0.1) is 11.6 Å². The fourth-order valence-corrected chi connectivity index (χ4v) is 1.90. The second-order valence-electron chi connectivity index (χ2n) is 3.88. The Morgan fingerprint density at radius 1 is 1.06 bits per heavy atom. The fraction of sp³-hybridized carbons (Fsp3) is 0.143. The maximum absolute atomic E-state index is 13.7. The van der Waals surface area contributed by atoms with Crippen molar-refractivity contribution >= 4 is 17.3 Å². The Hall–Kier alpha value is -1.58. The predicted molar refractivity (Wildman–Crippen MR) is 71.1 cm³/mol. The molecule has 0 spiro atoms. The Balaban J connectivity index is 2.14. The average Bonchev–Trinajstić information content (AvgIpc) is 2.41. The van der Waals surface area contributed by atoms with Crippen molar-refractivity contribution < 1.29 is 9.50 Å². The zero-order chi connectivity index (χ0) is 13.0. The topological polar surface area (TPSA) is 32.3 Å². The summed E-state index contributed by atoms with van der Waals surface area (Å²) in [6, 6.07) is 12.3. The van der Waals surface area contributed by atoms with Gasteiger partial charge in [-0.25, -0.2) is 4.39 Å². The molecule has 2 nitrogen and oxygen atoms in total. The van der Waals surface area contributed by atoms with Gasteiger partial charge in [0.2, 0.25) is 0 Å². The molecule has 0 unspecified atom stereocenters. The SMILES string of the molecule is OCc1ccccc1NCc1cccc(Cl)c1F. The summed E-state index contributed by atoms with van der Waals surface area (Å²) in [5, 5.41) is 12.4. The molecule has 2 aromatic rings. The van der Waals surface area contributed by atoms with Crippen LogP contribution < -0.4 is 5.32 Å². The summed E-state index contributed by atoms with van der Waals surface area (Å²) < 4.78 is 13.7. The molecule has 2 aromatic carbocycles. The van der Waals surface area contributed by atoms with E-state index in [1.807, 2.05) is 24.3 Å². The molecule has 2 N–H and O–H groups in total. The van der Waals surface area contributed by atoms with Crippen LogP contribution in [-0.2, 0) is 13.2 Å². The van der Waals surface area contributed by atoms with Crippen molar-refractivity contribution in [3.05, 3.63) is 64.4 Å². The molecule has 0 atom stereocenters. The number of para-hydroxylation sites is 1. The smallest absolute Gasteiger partial charge is 0.146 e. The molecular formula is C14H13ClFNO. The van der Waals surface area contributed by atoms with Crippen molar-refractivity contribution in [3.63, 3.8) is 0 Å². The normalized spacial score (nSPS) is 10.4. The molecule has 2 rings (SSSR count). The fourth-order valence-electron chi connectivity index (χ4n) is 1.71. The van der Waals surface area contributed by atoms with Gasteiger partial charge in [-0.1, -0.05) is 41.9 Å². The lowest BCUT2D eigenvalue weighted by atomic mass is 10.1. The minimum absolute atomic E-state index is 0.0544. The standard InChI is InChI=1S/C14H13ClFNO/c15-12-6-3-5-10(14(12)16)8-17-13-7-2-1-4-11(13)9-18/h1-7,17-18H,8-9H2. The largest absolute Gasteiger partial charge is 0.392 e. The van der Waals surface area contributed by atoms with Gasteiger partial charge in [-0.15, -0.1) is 0 Å². The number of benzene rings is 2. The molecule has 0 aliphatic rings. The molecule has 0 heterocycles. The van der Waals surface area contributed by atoms with Gasteiger partial charge >= 0.3 is 0 Å². The van der Waals surface area contributed by atoms with Crippen molar-refractivity contribution in [1.82, 2.24) is 0 Å². The minimum atomic E-state index is -0.409. The second-order valence-corrected chi connectivity index (χ2v) is 4.29. The van der Waals surface area contributed by atoms with Gasteiger partial charge < -0.3 is 10.4 Å². The zero-order valence-electron chi connectivity index (χ0n) is 9.66. The first kappa shape index (κ1) is 12.9. The number of rotatable bonds is 4. The van der Waals surface area contributed by atoms with Gasteiger partial charge in [0.25, 0.3) is 0 Å². The quantitative estimate of drug-likeness (QED) is 0.886. The Bertz CT molecular complexity index is 545. The molecule has 0 saturated heterocycles. The van der Waals surface area contributed by atoms with Crippen LogP contribution in [0, 0.1) is 5.82 Å². The third-order valence-electron chi connectivity index (χ3n) is 2.69. The second kappa shape index (κ2) is 5.85. The van der Waals surface area contributed by atoms with E-state index in [1.54, 1.807) is 12.1 Å². The first-order valence-corrected chi connectivity index (χ1v) is 5.95. The van der Waals surface area contributed by atoms with E-state index in [0.29, 0.717) is 12.1 Å². The summed E-state index contributed by atoms with van der Waals surface area (Å²) in [5.41, 5.74) is 2.06. The third kappa shape index (κ3) is 2.81. The van der Waals surface area contributed by atoms with E-state index in [2.05, 4.69) is 5.32 Å². The van der Waals surface area contributed by atoms with Gasteiger partial charge in [-0.3, -0.25) is 0 Å². The molecule has 94 valence electrons. The van der Waals surface area contributed by atoms with Crippen molar-refractivity contribution in [3.8, 4) is 0 Å². The lowest BCUT2D eigenvalue weighted by molar-refractivity contribution is 0.282. The third-order valence-corrected chi connectivity index (χ3v) is 2.98. The van der Waals surface area contributed by atoms with E-state index in [0.717, 1.165) is 11.3 Å². The first-order valence-electron chi connectivity index (χ1n) is 5.58. The van der Waals surface area contributed by atoms with Crippen LogP contribution in [0.25, 0.3) is 0 Å². The number of anilines is 1. The number of aliphatic hydroxyl groups is 1. The van der Waals surface area contributed by atoms with Gasteiger partial charge in [-0.05, 0) is 12.1 Å². The van der Waals surface area contributed by atoms with Crippen LogP contribution in [-0.4, -0.2) is 5.11 Å². The van der Waals surface area contributed by atoms with Gasteiger partial charge in [0.15, 0.2) is 0 Å². The molecule has 0 saturated carbocycles. The Morgan fingerprint density at radius 3 is 2.56 bits per heavy atom. The number of aliphatic hydroxyl groups excluding tert-OH is 1. The molecule has 0 radical (unpaired) electrons. The van der Waals surface area contributed by atoms with Gasteiger partial charge in [-0.2, -0.15) is 0 Å². The molecule has 0 fully saturated rings. The van der Waals surface area contributed by atoms with Crippen molar-refractivity contribution in [2.75, 3.05) is 5.32 Å². The van der Waals surface area contributed by atoms with Crippen molar-refractivity contribution in [1.29, 1.82) is 0 Å². The summed E-state index contributed by atoms with van der Waals surface area (Å²) in [7, 11) is 0. The van der Waals surface area contributed by atoms with Crippen molar-refractivity contribution in [2.24, 2.45) is 0 Å². The molecule has 0 aliphatic heterocycles. The van der Waals surface area contributed by atoms with Crippen molar-refractivity contribution in [2.45, 2.75) is 13.2 Å². The van der Waals surface area contributed by atoms with E-state index < -0.39 is 5.82 Å². The van der Waals surface area contributed by atoms with Gasteiger partial charge in [0.1, 0.15) is 5.82 Å². The number of hydrogen-bond donors (Lipinski definition) is 2. The minimum Gasteiger partial charge on any atom is -0.392 e. The molecular weight excluding hydrogens is 253 g/mol. The number of nitrogens with one attached hydrogen (secondary N) is 1. The molecule has 0 bridgehead atoms. The van der Waals surface area contributed by atoms with Crippen LogP contribution in [0.5, 0.6) is 0 Å². The maximum atomic E-state index is 13.7. The molecule has 0 aromatic heterocycles. The van der Waals surface area contributed by atoms with E-state index in [1.165, 1.54) is 6.07 Å². The van der Waals surface area contributed by atoms with E-state index in [9.17, 15) is 9.50 Å². The summed E-state index contributed by atoms with van der Waals surface area (Å²) in [5.74, 6) is -0.409. The summed E-state index contributed by atoms with van der Waals surface area (Å²) in [4.78, 5) is 0. The van der Waals surface area contributed by atoms with Crippen LogP contribution in [0.3, 0.4) is 0 Å². The van der Waals surface area contributed by atoms with Crippen LogP contribution in [0.4, 0.5) is 10.1 Å². The molecule has 0 aliphatic carbocycles. The Labute approximate surface area is 110 Å². The Morgan fingerprint density at radius 2 is 1.78 bits per heavy atom. The van der Waals surface area contributed by atoms with Crippen LogP contribution in [0.2, 0.25) is 5.02 Å². The average molecular weight is 266 g/mol. The van der Waals surface area contributed by atoms with E-state index in [4.69, 9.17) is 11.6 Å². The highest BCUT2D eigenvalue weighted by molar-refractivity contribution is 6.30. The monoisotopic (exact) mass is 265 g/mol. The highest BCUT2D eigenvalue weighted by Gasteiger charge is 2.06. The maximum Gasteiger partial charge on any atom is 0.146 e. The first-order chi connectivity index (χ1) is 8.72. The summed E-state index contributed by atoms with van der Waals surface area (Å²) in [6.45, 7) is 0.268. The van der Waals surface area contributed by atoms with Crippen LogP contribution in [0.1, 0.15) is 11.1 Å².